The van der Waals surface area contributed by atoms with Gasteiger partial charge >= 0.3 is 0 Å². The standard InChI is InChI=1S/C13H24N2O/c1-4-10-15(3)12(16)11-13(14-2)8-6-5-7-9-13/h4,14H,1,5-11H2,2-3H3. The van der Waals surface area contributed by atoms with Gasteiger partial charge in [0.2, 0.25) is 5.91 Å². The maximum Gasteiger partial charge on any atom is 0.224 e. The molecule has 3 heteroatoms. The van der Waals surface area contributed by atoms with Crippen LogP contribution in [0.15, 0.2) is 12.7 Å². The third kappa shape index (κ3) is 3.34. The molecule has 1 saturated carbocycles. The largest absolute Gasteiger partial charge is 0.342 e. The zero-order valence-corrected chi connectivity index (χ0v) is 10.6. The van der Waals surface area contributed by atoms with Crippen molar-refractivity contribution >= 4 is 5.91 Å². The number of nitrogens with one attached hydrogen (secondary N) is 1. The fraction of sp³-hybridized carbons (Fsp3) is 0.769. The molecule has 1 amide bonds. The smallest absolute Gasteiger partial charge is 0.224 e. The highest BCUT2D eigenvalue weighted by Gasteiger charge is 2.33. The number of amides is 1. The molecule has 0 unspecified atom stereocenters. The van der Waals surface area contributed by atoms with Gasteiger partial charge in [0, 0.05) is 25.6 Å². The first-order valence-electron chi connectivity index (χ1n) is 6.17. The summed E-state index contributed by atoms with van der Waals surface area (Å²) < 4.78 is 0. The number of hydrogen-bond acceptors (Lipinski definition) is 2. The average Bonchev–Trinajstić information content (AvgIpc) is 2.30. The minimum absolute atomic E-state index is 0.0464. The third-order valence-electron chi connectivity index (χ3n) is 3.66. The number of carbonyl (C=O) groups is 1. The summed E-state index contributed by atoms with van der Waals surface area (Å²) in [6.45, 7) is 4.30. The highest BCUT2D eigenvalue weighted by atomic mass is 16.2. The third-order valence-corrected chi connectivity index (χ3v) is 3.66. The molecule has 16 heavy (non-hydrogen) atoms. The van der Waals surface area contributed by atoms with E-state index in [-0.39, 0.29) is 11.4 Å². The van der Waals surface area contributed by atoms with Gasteiger partial charge in [-0.3, -0.25) is 4.79 Å². The molecule has 0 atom stereocenters. The number of carbonyl (C=O) groups excluding carboxylic acids is 1. The first-order chi connectivity index (χ1) is 7.63. The number of likely N-dealkylation sites (N-methyl/N-ethyl adjacent to an activating group) is 1. The Balaban J connectivity index is 2.54. The average molecular weight is 224 g/mol. The Kier molecular flexibility index (Phi) is 5.00. The van der Waals surface area contributed by atoms with Gasteiger partial charge in [0.25, 0.3) is 0 Å². The van der Waals surface area contributed by atoms with Gasteiger partial charge < -0.3 is 10.2 Å². The molecule has 0 heterocycles. The second-order valence-corrected chi connectivity index (χ2v) is 4.83. The molecule has 0 bridgehead atoms. The van der Waals surface area contributed by atoms with Gasteiger partial charge in [0.15, 0.2) is 0 Å². The summed E-state index contributed by atoms with van der Waals surface area (Å²) in [6.07, 6.45) is 8.41. The zero-order valence-electron chi connectivity index (χ0n) is 10.6. The fourth-order valence-electron chi connectivity index (χ4n) is 2.46. The number of rotatable bonds is 5. The van der Waals surface area contributed by atoms with Crippen molar-refractivity contribution in [2.24, 2.45) is 0 Å². The lowest BCUT2D eigenvalue weighted by Gasteiger charge is -2.37. The van der Waals surface area contributed by atoms with Crippen molar-refractivity contribution in [3.8, 4) is 0 Å². The van der Waals surface area contributed by atoms with Crippen molar-refractivity contribution in [2.75, 3.05) is 20.6 Å². The van der Waals surface area contributed by atoms with E-state index in [1.54, 1.807) is 11.0 Å². The van der Waals surface area contributed by atoms with E-state index in [2.05, 4.69) is 11.9 Å². The Bertz CT molecular complexity index is 244. The monoisotopic (exact) mass is 224 g/mol. The highest BCUT2D eigenvalue weighted by molar-refractivity contribution is 5.77. The van der Waals surface area contributed by atoms with Crippen LogP contribution < -0.4 is 5.32 Å². The second-order valence-electron chi connectivity index (χ2n) is 4.83. The maximum atomic E-state index is 12.0. The SMILES string of the molecule is C=CCN(C)C(=O)CC1(NC)CCCCC1. The summed E-state index contributed by atoms with van der Waals surface area (Å²) in [7, 11) is 3.82. The Labute approximate surface area is 98.9 Å². The van der Waals surface area contributed by atoms with Crippen LogP contribution in [0.4, 0.5) is 0 Å². The van der Waals surface area contributed by atoms with Crippen LogP contribution in [-0.4, -0.2) is 37.0 Å². The van der Waals surface area contributed by atoms with Crippen molar-refractivity contribution in [3.63, 3.8) is 0 Å². The second kappa shape index (κ2) is 6.04. The van der Waals surface area contributed by atoms with Crippen molar-refractivity contribution in [1.29, 1.82) is 0 Å². The quantitative estimate of drug-likeness (QED) is 0.724. The topological polar surface area (TPSA) is 32.3 Å². The molecular weight excluding hydrogens is 200 g/mol. The van der Waals surface area contributed by atoms with Crippen LogP contribution in [0, 0.1) is 0 Å². The zero-order chi connectivity index (χ0) is 12.0. The molecule has 0 aromatic heterocycles. The number of nitrogens with zero attached hydrogens (tertiary/aromatic N) is 1. The minimum Gasteiger partial charge on any atom is -0.342 e. The van der Waals surface area contributed by atoms with Gasteiger partial charge in [-0.05, 0) is 19.9 Å². The van der Waals surface area contributed by atoms with Crippen molar-refractivity contribution in [2.45, 2.75) is 44.1 Å². The van der Waals surface area contributed by atoms with E-state index in [9.17, 15) is 4.79 Å². The van der Waals surface area contributed by atoms with E-state index in [0.717, 1.165) is 12.8 Å². The van der Waals surface area contributed by atoms with Crippen molar-refractivity contribution in [1.82, 2.24) is 10.2 Å². The summed E-state index contributed by atoms with van der Waals surface area (Å²) >= 11 is 0. The molecule has 92 valence electrons. The lowest BCUT2D eigenvalue weighted by Crippen LogP contribution is -2.48. The van der Waals surface area contributed by atoms with Crippen LogP contribution in [0.1, 0.15) is 38.5 Å². The molecule has 1 fully saturated rings. The van der Waals surface area contributed by atoms with Gasteiger partial charge in [-0.2, -0.15) is 0 Å². The predicted octanol–water partition coefficient (Wildman–Crippen LogP) is 1.94. The molecule has 0 aliphatic heterocycles. The Morgan fingerprint density at radius 1 is 1.44 bits per heavy atom. The molecule has 0 saturated heterocycles. The van der Waals surface area contributed by atoms with Crippen molar-refractivity contribution in [3.05, 3.63) is 12.7 Å². The molecule has 0 spiro atoms. The van der Waals surface area contributed by atoms with E-state index in [1.807, 2.05) is 14.1 Å². The van der Waals surface area contributed by atoms with Crippen LogP contribution in [0.25, 0.3) is 0 Å². The summed E-state index contributed by atoms with van der Waals surface area (Å²) in [5.74, 6) is 0.219. The van der Waals surface area contributed by atoms with Crippen molar-refractivity contribution < 1.29 is 4.79 Å². The van der Waals surface area contributed by atoms with E-state index in [1.165, 1.54) is 19.3 Å². The van der Waals surface area contributed by atoms with Crippen LogP contribution in [0.5, 0.6) is 0 Å². The molecule has 1 aliphatic rings. The maximum absolute atomic E-state index is 12.0. The van der Waals surface area contributed by atoms with Crippen LogP contribution in [0.2, 0.25) is 0 Å². The van der Waals surface area contributed by atoms with Crippen LogP contribution in [-0.2, 0) is 4.79 Å². The molecule has 3 nitrogen and oxygen atoms in total. The first-order valence-corrected chi connectivity index (χ1v) is 6.17. The van der Waals surface area contributed by atoms with Crippen LogP contribution in [0.3, 0.4) is 0 Å². The summed E-state index contributed by atoms with van der Waals surface area (Å²) in [5, 5.41) is 3.37. The summed E-state index contributed by atoms with van der Waals surface area (Å²) in [5.41, 5.74) is 0.0464. The summed E-state index contributed by atoms with van der Waals surface area (Å²) in [4.78, 5) is 13.8. The van der Waals surface area contributed by atoms with E-state index < -0.39 is 0 Å². The first kappa shape index (κ1) is 13.2. The predicted molar refractivity (Wildman–Crippen MR) is 67.3 cm³/mol. The molecule has 1 rings (SSSR count). The van der Waals surface area contributed by atoms with E-state index in [4.69, 9.17) is 0 Å². The molecule has 0 aromatic carbocycles. The van der Waals surface area contributed by atoms with Gasteiger partial charge in [0.05, 0.1) is 0 Å². The molecule has 0 radical (unpaired) electrons. The fourth-order valence-corrected chi connectivity index (χ4v) is 2.46. The minimum atomic E-state index is 0.0464. The molecule has 0 aromatic rings. The lowest BCUT2D eigenvalue weighted by atomic mass is 9.79. The van der Waals surface area contributed by atoms with E-state index >= 15 is 0 Å². The van der Waals surface area contributed by atoms with Gasteiger partial charge in [-0.25, -0.2) is 0 Å². The van der Waals surface area contributed by atoms with Gasteiger partial charge in [-0.15, -0.1) is 6.58 Å². The normalized spacial score (nSPS) is 19.1. The number of hydrogen-bond donors (Lipinski definition) is 1. The van der Waals surface area contributed by atoms with Gasteiger partial charge in [0.1, 0.15) is 0 Å². The Morgan fingerprint density at radius 2 is 2.06 bits per heavy atom. The molecule has 1 N–H and O–H groups in total. The molecule has 1 aliphatic carbocycles. The Hall–Kier alpha value is -0.830. The Morgan fingerprint density at radius 3 is 2.56 bits per heavy atom. The highest BCUT2D eigenvalue weighted by Crippen LogP contribution is 2.31. The van der Waals surface area contributed by atoms with E-state index in [0.29, 0.717) is 13.0 Å². The summed E-state index contributed by atoms with van der Waals surface area (Å²) in [6, 6.07) is 0. The lowest BCUT2D eigenvalue weighted by molar-refractivity contribution is -0.131. The van der Waals surface area contributed by atoms with Gasteiger partial charge in [-0.1, -0.05) is 25.3 Å². The molecular formula is C13H24N2O. The van der Waals surface area contributed by atoms with Crippen LogP contribution >= 0.6 is 0 Å².